The Morgan fingerprint density at radius 3 is 2.81 bits per heavy atom. The Morgan fingerprint density at radius 2 is 2.14 bits per heavy atom. The SMILES string of the molecule is CC(C)(C)OC(=O)n1ccc2ccc3c(c21)CCC3CO. The van der Waals surface area contributed by atoms with Crippen LogP contribution in [0.25, 0.3) is 10.9 Å². The molecule has 0 radical (unpaired) electrons. The Hall–Kier alpha value is -1.81. The number of hydrogen-bond acceptors (Lipinski definition) is 3. The molecule has 1 aromatic carbocycles. The van der Waals surface area contributed by atoms with Crippen LogP contribution in [0.3, 0.4) is 0 Å². The van der Waals surface area contributed by atoms with E-state index < -0.39 is 5.60 Å². The van der Waals surface area contributed by atoms with Gasteiger partial charge in [-0.05, 0) is 50.8 Å². The molecule has 21 heavy (non-hydrogen) atoms. The standard InChI is InChI=1S/C17H21NO3/c1-17(2,3)21-16(20)18-9-8-11-4-6-13-12(10-19)5-7-14(13)15(11)18/h4,6,8-9,12,19H,5,7,10H2,1-3H3. The van der Waals surface area contributed by atoms with Crippen LogP contribution in [0.1, 0.15) is 44.2 Å². The van der Waals surface area contributed by atoms with Crippen molar-refractivity contribution in [2.75, 3.05) is 6.61 Å². The number of aliphatic hydroxyl groups excluding tert-OH is 1. The largest absolute Gasteiger partial charge is 0.443 e. The quantitative estimate of drug-likeness (QED) is 0.874. The zero-order valence-electron chi connectivity index (χ0n) is 12.7. The highest BCUT2D eigenvalue weighted by Crippen LogP contribution is 2.37. The number of aromatic nitrogens is 1. The van der Waals surface area contributed by atoms with Gasteiger partial charge in [-0.25, -0.2) is 4.79 Å². The third-order valence-corrected chi connectivity index (χ3v) is 3.99. The summed E-state index contributed by atoms with van der Waals surface area (Å²) in [7, 11) is 0. The van der Waals surface area contributed by atoms with Gasteiger partial charge in [0.1, 0.15) is 5.60 Å². The fourth-order valence-electron chi connectivity index (χ4n) is 3.09. The molecule has 0 saturated heterocycles. The summed E-state index contributed by atoms with van der Waals surface area (Å²) in [5, 5.41) is 10.5. The monoisotopic (exact) mass is 287 g/mol. The van der Waals surface area contributed by atoms with Gasteiger partial charge in [0.25, 0.3) is 0 Å². The third kappa shape index (κ3) is 2.44. The molecule has 0 spiro atoms. The number of rotatable bonds is 1. The van der Waals surface area contributed by atoms with Gasteiger partial charge >= 0.3 is 6.09 Å². The Labute approximate surface area is 124 Å². The molecule has 1 atom stereocenters. The molecule has 1 aromatic heterocycles. The van der Waals surface area contributed by atoms with Crippen LogP contribution in [-0.4, -0.2) is 28.0 Å². The van der Waals surface area contributed by atoms with Crippen LogP contribution in [0.4, 0.5) is 4.79 Å². The summed E-state index contributed by atoms with van der Waals surface area (Å²) < 4.78 is 7.07. The van der Waals surface area contributed by atoms with Crippen LogP contribution < -0.4 is 0 Å². The molecule has 4 nitrogen and oxygen atoms in total. The van der Waals surface area contributed by atoms with Crippen LogP contribution in [0.15, 0.2) is 24.4 Å². The highest BCUT2D eigenvalue weighted by Gasteiger charge is 2.27. The van der Waals surface area contributed by atoms with Gasteiger partial charge in [0.15, 0.2) is 0 Å². The molecule has 0 amide bonds. The van der Waals surface area contributed by atoms with E-state index in [1.807, 2.05) is 32.9 Å². The minimum absolute atomic E-state index is 0.158. The molecular weight excluding hydrogens is 266 g/mol. The minimum atomic E-state index is -0.515. The normalized spacial score (nSPS) is 18.0. The highest BCUT2D eigenvalue weighted by atomic mass is 16.6. The second-order valence-electron chi connectivity index (χ2n) is 6.66. The van der Waals surface area contributed by atoms with Crippen LogP contribution in [0.2, 0.25) is 0 Å². The van der Waals surface area contributed by atoms with Crippen LogP contribution in [0.5, 0.6) is 0 Å². The zero-order valence-corrected chi connectivity index (χ0v) is 12.7. The smallest absolute Gasteiger partial charge is 0.419 e. The number of fused-ring (bicyclic) bond motifs is 3. The number of aliphatic hydroxyl groups is 1. The molecule has 2 aromatic rings. The fraction of sp³-hybridized carbons (Fsp3) is 0.471. The van der Waals surface area contributed by atoms with Gasteiger partial charge in [-0.3, -0.25) is 4.57 Å². The van der Waals surface area contributed by atoms with Gasteiger partial charge < -0.3 is 9.84 Å². The fourth-order valence-corrected chi connectivity index (χ4v) is 3.09. The second kappa shape index (κ2) is 4.88. The zero-order chi connectivity index (χ0) is 15.2. The summed E-state index contributed by atoms with van der Waals surface area (Å²) in [6, 6.07) is 6.03. The number of ether oxygens (including phenoxy) is 1. The van der Waals surface area contributed by atoms with E-state index in [1.54, 1.807) is 10.8 Å². The number of carbonyl (C=O) groups excluding carboxylic acids is 1. The van der Waals surface area contributed by atoms with Crippen LogP contribution in [0, 0.1) is 0 Å². The van der Waals surface area contributed by atoms with Crippen molar-refractivity contribution in [2.24, 2.45) is 0 Å². The molecule has 0 aliphatic heterocycles. The molecule has 1 heterocycles. The van der Waals surface area contributed by atoms with Crippen molar-refractivity contribution in [3.05, 3.63) is 35.5 Å². The first-order chi connectivity index (χ1) is 9.90. The van der Waals surface area contributed by atoms with Gasteiger partial charge in [0, 0.05) is 24.1 Å². The molecule has 1 N–H and O–H groups in total. The van der Waals surface area contributed by atoms with Gasteiger partial charge in [0.2, 0.25) is 0 Å². The first kappa shape index (κ1) is 14.1. The maximum atomic E-state index is 12.4. The topological polar surface area (TPSA) is 51.5 Å². The molecule has 0 bridgehead atoms. The van der Waals surface area contributed by atoms with E-state index in [-0.39, 0.29) is 18.6 Å². The van der Waals surface area contributed by atoms with Gasteiger partial charge in [-0.2, -0.15) is 0 Å². The highest BCUT2D eigenvalue weighted by molar-refractivity contribution is 5.93. The molecule has 0 saturated carbocycles. The molecule has 0 fully saturated rings. The van der Waals surface area contributed by atoms with Crippen molar-refractivity contribution < 1.29 is 14.6 Å². The van der Waals surface area contributed by atoms with E-state index in [2.05, 4.69) is 6.07 Å². The molecule has 1 unspecified atom stereocenters. The lowest BCUT2D eigenvalue weighted by Crippen LogP contribution is -2.26. The minimum Gasteiger partial charge on any atom is -0.443 e. The average molecular weight is 287 g/mol. The third-order valence-electron chi connectivity index (χ3n) is 3.99. The molecule has 1 aliphatic rings. The lowest BCUT2D eigenvalue weighted by atomic mass is 10.0. The molecular formula is C17H21NO3. The first-order valence-electron chi connectivity index (χ1n) is 7.38. The Morgan fingerprint density at radius 1 is 1.38 bits per heavy atom. The molecule has 112 valence electrons. The summed E-state index contributed by atoms with van der Waals surface area (Å²) in [6.45, 7) is 5.75. The summed E-state index contributed by atoms with van der Waals surface area (Å²) in [6.07, 6.45) is 3.25. The van der Waals surface area contributed by atoms with Crippen molar-refractivity contribution in [1.29, 1.82) is 0 Å². The summed E-state index contributed by atoms with van der Waals surface area (Å²) in [5.74, 6) is 0.186. The average Bonchev–Trinajstić information content (AvgIpc) is 2.99. The number of carbonyl (C=O) groups is 1. The number of benzene rings is 1. The van der Waals surface area contributed by atoms with E-state index in [0.717, 1.165) is 29.3 Å². The van der Waals surface area contributed by atoms with E-state index >= 15 is 0 Å². The summed E-state index contributed by atoms with van der Waals surface area (Å²) >= 11 is 0. The van der Waals surface area contributed by atoms with Crippen LogP contribution >= 0.6 is 0 Å². The van der Waals surface area contributed by atoms with E-state index in [1.165, 1.54) is 5.56 Å². The number of hydrogen-bond donors (Lipinski definition) is 1. The van der Waals surface area contributed by atoms with Crippen molar-refractivity contribution >= 4 is 17.0 Å². The van der Waals surface area contributed by atoms with Gasteiger partial charge in [-0.1, -0.05) is 12.1 Å². The van der Waals surface area contributed by atoms with E-state index in [9.17, 15) is 9.90 Å². The first-order valence-corrected chi connectivity index (χ1v) is 7.38. The van der Waals surface area contributed by atoms with E-state index in [4.69, 9.17) is 4.74 Å². The molecule has 4 heteroatoms. The maximum Gasteiger partial charge on any atom is 0.419 e. The molecule has 1 aliphatic carbocycles. The van der Waals surface area contributed by atoms with Gasteiger partial charge in [-0.15, -0.1) is 0 Å². The van der Waals surface area contributed by atoms with Crippen molar-refractivity contribution in [3.8, 4) is 0 Å². The predicted octanol–water partition coefficient (Wildman–Crippen LogP) is 3.45. The molecule has 3 rings (SSSR count). The van der Waals surface area contributed by atoms with E-state index in [0.29, 0.717) is 0 Å². The summed E-state index contributed by atoms with van der Waals surface area (Å²) in [4.78, 5) is 12.4. The Balaban J connectivity index is 2.09. The summed E-state index contributed by atoms with van der Waals surface area (Å²) in [5.41, 5.74) is 2.74. The lowest BCUT2D eigenvalue weighted by molar-refractivity contribution is 0.0544. The van der Waals surface area contributed by atoms with Crippen molar-refractivity contribution in [1.82, 2.24) is 4.57 Å². The predicted molar refractivity (Wildman–Crippen MR) is 81.7 cm³/mol. The maximum absolute atomic E-state index is 12.4. The Kier molecular flexibility index (Phi) is 3.29. The number of aryl methyl sites for hydroxylation is 1. The van der Waals surface area contributed by atoms with Gasteiger partial charge in [0.05, 0.1) is 5.52 Å². The van der Waals surface area contributed by atoms with Crippen molar-refractivity contribution in [3.63, 3.8) is 0 Å². The number of nitrogens with zero attached hydrogens (tertiary/aromatic N) is 1. The lowest BCUT2D eigenvalue weighted by Gasteiger charge is -2.20. The van der Waals surface area contributed by atoms with Crippen molar-refractivity contribution in [2.45, 2.75) is 45.1 Å². The van der Waals surface area contributed by atoms with Crippen LogP contribution in [-0.2, 0) is 11.2 Å². The Bertz CT molecular complexity index is 694. The second-order valence-corrected chi connectivity index (χ2v) is 6.66.